The molecule has 1 heterocycles. The number of likely N-dealkylation sites (N-methyl/N-ethyl adjacent to an activating group) is 1. The van der Waals surface area contributed by atoms with Crippen LogP contribution in [-0.2, 0) is 14.8 Å². The highest BCUT2D eigenvalue weighted by molar-refractivity contribution is 7.89. The molecule has 0 saturated heterocycles. The number of benzene rings is 1. The number of amides is 2. The van der Waals surface area contributed by atoms with Crippen molar-refractivity contribution in [3.05, 3.63) is 53.7 Å². The van der Waals surface area contributed by atoms with Gasteiger partial charge in [-0.15, -0.1) is 0 Å². The van der Waals surface area contributed by atoms with Crippen LogP contribution in [0.2, 0.25) is 0 Å². The van der Waals surface area contributed by atoms with E-state index in [9.17, 15) is 31.2 Å². The molecular formula is C18H19F3N4O4S. The van der Waals surface area contributed by atoms with Gasteiger partial charge in [0.15, 0.2) is 0 Å². The van der Waals surface area contributed by atoms with E-state index < -0.39 is 41.1 Å². The van der Waals surface area contributed by atoms with E-state index in [4.69, 9.17) is 0 Å². The van der Waals surface area contributed by atoms with E-state index in [1.807, 2.05) is 6.92 Å². The minimum atomic E-state index is -4.56. The summed E-state index contributed by atoms with van der Waals surface area (Å²) in [5.41, 5.74) is 0.757. The Morgan fingerprint density at radius 2 is 1.73 bits per heavy atom. The third-order valence-electron chi connectivity index (χ3n) is 3.82. The first-order valence-electron chi connectivity index (χ1n) is 8.52. The molecule has 0 aliphatic rings. The molecule has 12 heteroatoms. The lowest BCUT2D eigenvalue weighted by Crippen LogP contribution is -2.35. The second kappa shape index (κ2) is 9.22. The first-order valence-corrected chi connectivity index (χ1v) is 9.96. The smallest absolute Gasteiger partial charge is 0.343 e. The Hall–Kier alpha value is -2.99. The lowest BCUT2D eigenvalue weighted by Gasteiger charge is -2.17. The van der Waals surface area contributed by atoms with Gasteiger partial charge in [-0.2, -0.15) is 17.5 Å². The van der Waals surface area contributed by atoms with Crippen molar-refractivity contribution in [2.24, 2.45) is 0 Å². The van der Waals surface area contributed by atoms with Crippen molar-refractivity contribution in [3.63, 3.8) is 0 Å². The maximum absolute atomic E-state index is 12.6. The Morgan fingerprint density at radius 1 is 1.10 bits per heavy atom. The molecule has 0 spiro atoms. The summed E-state index contributed by atoms with van der Waals surface area (Å²) in [4.78, 5) is 27.5. The summed E-state index contributed by atoms with van der Waals surface area (Å²) in [7, 11) is -2.87. The van der Waals surface area contributed by atoms with Gasteiger partial charge in [0.2, 0.25) is 15.9 Å². The molecule has 1 aromatic heterocycles. The molecule has 0 aliphatic carbocycles. The van der Waals surface area contributed by atoms with Crippen molar-refractivity contribution in [1.82, 2.24) is 14.6 Å². The van der Waals surface area contributed by atoms with Crippen LogP contribution in [0.3, 0.4) is 0 Å². The number of hydrogen-bond donors (Lipinski definition) is 2. The Balaban J connectivity index is 2.02. The molecule has 0 atom stereocenters. The summed E-state index contributed by atoms with van der Waals surface area (Å²) in [6.45, 7) is -0.171. The van der Waals surface area contributed by atoms with Crippen molar-refractivity contribution < 1.29 is 31.2 Å². The number of sulfonamides is 1. The van der Waals surface area contributed by atoms with Crippen LogP contribution < -0.4 is 10.6 Å². The summed E-state index contributed by atoms with van der Waals surface area (Å²) >= 11 is 0. The van der Waals surface area contributed by atoms with Gasteiger partial charge in [0.1, 0.15) is 12.4 Å². The summed E-state index contributed by atoms with van der Waals surface area (Å²) in [6.07, 6.45) is -3.02. The Bertz CT molecular complexity index is 1010. The average Bonchev–Trinajstić information content (AvgIpc) is 2.67. The maximum Gasteiger partial charge on any atom is 0.405 e. The molecule has 2 aromatic rings. The number of aryl methyl sites for hydroxylation is 1. The van der Waals surface area contributed by atoms with Gasteiger partial charge in [-0.25, -0.2) is 13.4 Å². The molecule has 0 saturated carbocycles. The summed E-state index contributed by atoms with van der Waals surface area (Å²) in [5, 5.41) is 4.16. The molecule has 1 aromatic carbocycles. The van der Waals surface area contributed by atoms with Crippen LogP contribution in [0.5, 0.6) is 0 Å². The minimum Gasteiger partial charge on any atom is -0.343 e. The second-order valence-corrected chi connectivity index (χ2v) is 8.40. The van der Waals surface area contributed by atoms with E-state index in [0.717, 1.165) is 34.1 Å². The van der Waals surface area contributed by atoms with Gasteiger partial charge < -0.3 is 10.6 Å². The molecule has 30 heavy (non-hydrogen) atoms. The number of anilines is 1. The molecule has 2 amide bonds. The highest BCUT2D eigenvalue weighted by atomic mass is 32.2. The van der Waals surface area contributed by atoms with Crippen molar-refractivity contribution in [1.29, 1.82) is 0 Å². The molecule has 162 valence electrons. The zero-order chi connectivity index (χ0) is 22.5. The predicted molar refractivity (Wildman–Crippen MR) is 102 cm³/mol. The van der Waals surface area contributed by atoms with Gasteiger partial charge in [-0.3, -0.25) is 9.59 Å². The number of nitrogens with zero attached hydrogens (tertiary/aromatic N) is 2. The number of pyridine rings is 1. The van der Waals surface area contributed by atoms with Crippen molar-refractivity contribution >= 4 is 27.7 Å². The monoisotopic (exact) mass is 444 g/mol. The van der Waals surface area contributed by atoms with Crippen molar-refractivity contribution in [2.75, 3.05) is 25.5 Å². The van der Waals surface area contributed by atoms with Gasteiger partial charge in [0.25, 0.3) is 5.91 Å². The Kier molecular flexibility index (Phi) is 7.16. The summed E-state index contributed by atoms with van der Waals surface area (Å²) in [6, 6.07) is 7.63. The quantitative estimate of drug-likeness (QED) is 0.679. The van der Waals surface area contributed by atoms with Crippen LogP contribution in [0.1, 0.15) is 15.9 Å². The first-order chi connectivity index (χ1) is 13.9. The van der Waals surface area contributed by atoms with Crippen molar-refractivity contribution in [2.45, 2.75) is 18.0 Å². The number of aromatic nitrogens is 1. The third kappa shape index (κ3) is 6.52. The summed E-state index contributed by atoms with van der Waals surface area (Å²) < 4.78 is 62.5. The van der Waals surface area contributed by atoms with Crippen LogP contribution in [-0.4, -0.2) is 55.8 Å². The van der Waals surface area contributed by atoms with Crippen LogP contribution in [0.4, 0.5) is 19.0 Å². The second-order valence-electron chi connectivity index (χ2n) is 6.35. The topological polar surface area (TPSA) is 108 Å². The Morgan fingerprint density at radius 3 is 2.27 bits per heavy atom. The summed E-state index contributed by atoms with van der Waals surface area (Å²) in [5.74, 6) is -1.33. The minimum absolute atomic E-state index is 0.135. The fraction of sp³-hybridized carbons (Fsp3) is 0.278. The van der Waals surface area contributed by atoms with Gasteiger partial charge in [-0.05, 0) is 42.8 Å². The highest BCUT2D eigenvalue weighted by Gasteiger charge is 2.28. The van der Waals surface area contributed by atoms with E-state index in [1.54, 1.807) is 23.6 Å². The normalized spacial score (nSPS) is 11.9. The number of carbonyl (C=O) groups excluding carboxylic acids is 2. The van der Waals surface area contributed by atoms with Gasteiger partial charge in [0.05, 0.1) is 11.4 Å². The molecule has 0 bridgehead atoms. The van der Waals surface area contributed by atoms with Crippen LogP contribution in [0.15, 0.2) is 47.5 Å². The SMILES string of the molecule is Cc1ccc(NC(=O)CN(C)S(=O)(=O)c2ccc(C(=O)NCC(F)(F)F)cc2)nc1. The van der Waals surface area contributed by atoms with Crippen LogP contribution in [0, 0.1) is 6.92 Å². The average molecular weight is 444 g/mol. The van der Waals surface area contributed by atoms with E-state index in [-0.39, 0.29) is 16.3 Å². The van der Waals surface area contributed by atoms with Gasteiger partial charge >= 0.3 is 6.18 Å². The predicted octanol–water partition coefficient (Wildman–Crippen LogP) is 1.94. The fourth-order valence-corrected chi connectivity index (χ4v) is 3.38. The van der Waals surface area contributed by atoms with Crippen LogP contribution >= 0.6 is 0 Å². The lowest BCUT2D eigenvalue weighted by atomic mass is 10.2. The molecular weight excluding hydrogens is 425 g/mol. The maximum atomic E-state index is 12.6. The highest BCUT2D eigenvalue weighted by Crippen LogP contribution is 2.16. The molecule has 0 aliphatic heterocycles. The molecule has 0 fully saturated rings. The molecule has 0 radical (unpaired) electrons. The molecule has 8 nitrogen and oxygen atoms in total. The lowest BCUT2D eigenvalue weighted by molar-refractivity contribution is -0.123. The van der Waals surface area contributed by atoms with Crippen molar-refractivity contribution in [3.8, 4) is 0 Å². The van der Waals surface area contributed by atoms with Crippen LogP contribution in [0.25, 0.3) is 0 Å². The third-order valence-corrected chi connectivity index (χ3v) is 5.64. The Labute approximate surface area is 171 Å². The molecule has 0 unspecified atom stereocenters. The van der Waals surface area contributed by atoms with E-state index in [0.29, 0.717) is 0 Å². The number of nitrogens with one attached hydrogen (secondary N) is 2. The van der Waals surface area contributed by atoms with E-state index in [2.05, 4.69) is 10.3 Å². The molecule has 2 N–H and O–H groups in total. The van der Waals surface area contributed by atoms with E-state index >= 15 is 0 Å². The first kappa shape index (κ1) is 23.3. The largest absolute Gasteiger partial charge is 0.405 e. The number of halogens is 3. The number of alkyl halides is 3. The fourth-order valence-electron chi connectivity index (χ4n) is 2.25. The number of hydrogen-bond acceptors (Lipinski definition) is 5. The standard InChI is InChI=1S/C18H19F3N4O4S/c1-12-3-8-15(22-9-12)24-16(26)10-25(2)30(28,29)14-6-4-13(5-7-14)17(27)23-11-18(19,20)21/h3-9H,10-11H2,1-2H3,(H,23,27)(H,22,24,26). The van der Waals surface area contributed by atoms with Gasteiger partial charge in [-0.1, -0.05) is 6.07 Å². The number of carbonyl (C=O) groups is 2. The zero-order valence-electron chi connectivity index (χ0n) is 16.0. The van der Waals surface area contributed by atoms with E-state index in [1.165, 1.54) is 7.05 Å². The van der Waals surface area contributed by atoms with Gasteiger partial charge in [0, 0.05) is 18.8 Å². The molecule has 2 rings (SSSR count). The zero-order valence-corrected chi connectivity index (χ0v) is 16.8. The number of rotatable bonds is 7.